The van der Waals surface area contributed by atoms with E-state index in [9.17, 15) is 8.76 Å². The summed E-state index contributed by atoms with van der Waals surface area (Å²) in [6, 6.07) is 4.67. The van der Waals surface area contributed by atoms with Gasteiger partial charge in [-0.25, -0.2) is 0 Å². The lowest BCUT2D eigenvalue weighted by molar-refractivity contribution is 0.414. The monoisotopic (exact) mass is 249 g/mol. The van der Waals surface area contributed by atoms with Crippen molar-refractivity contribution in [1.29, 1.82) is 0 Å². The van der Waals surface area contributed by atoms with Crippen LogP contribution in [0, 0.1) is 0 Å². The molecule has 0 heterocycles. The number of hydrogen-bond donors (Lipinski definition) is 0. The molecule has 1 rings (SSSR count). The summed E-state index contributed by atoms with van der Waals surface area (Å²) in [7, 11) is 1.52. The molecule has 0 radical (unpaired) electrons. The van der Waals surface area contributed by atoms with E-state index in [0.717, 1.165) is 0 Å². The average molecular weight is 250 g/mol. The maximum Gasteiger partial charge on any atom is 0.120 e. The molecule has 5 heteroatoms. The third kappa shape index (κ3) is 2.06. The predicted octanol–water partition coefficient (Wildman–Crippen LogP) is 1.70. The quantitative estimate of drug-likeness (QED) is 0.750. The van der Waals surface area contributed by atoms with Gasteiger partial charge in [-0.1, -0.05) is 0 Å². The molecular weight excluding hydrogens is 244 g/mol. The van der Waals surface area contributed by atoms with Crippen LogP contribution in [0.2, 0.25) is 0 Å². The van der Waals surface area contributed by atoms with Crippen LogP contribution in [0.15, 0.2) is 27.6 Å². The minimum atomic E-state index is -2.20. The Hall–Kier alpha value is -0.390. The lowest BCUT2D eigenvalue weighted by Gasteiger charge is -2.08. The number of benzene rings is 1. The molecule has 0 N–H and O–H groups in total. The molecule has 1 atom stereocenters. The van der Waals surface area contributed by atoms with Crippen molar-refractivity contribution >= 4 is 27.0 Å². The summed E-state index contributed by atoms with van der Waals surface area (Å²) in [5.74, 6) is 0.621. The van der Waals surface area contributed by atoms with Gasteiger partial charge in [0.15, 0.2) is 0 Å². The van der Waals surface area contributed by atoms with E-state index in [1.54, 1.807) is 12.1 Å². The molecule has 0 amide bonds. The highest BCUT2D eigenvalue weighted by Gasteiger charge is 2.00. The van der Waals surface area contributed by atoms with Crippen molar-refractivity contribution in [2.24, 2.45) is 0 Å². The molecule has 0 saturated heterocycles. The van der Waals surface area contributed by atoms with Crippen LogP contribution in [-0.2, 0) is 11.1 Å². The summed E-state index contributed by atoms with van der Waals surface area (Å²) in [5.41, 5.74) is 0. The zero-order valence-electron chi connectivity index (χ0n) is 6.24. The van der Waals surface area contributed by atoms with E-state index in [1.807, 2.05) is 0 Å². The van der Waals surface area contributed by atoms with Crippen molar-refractivity contribution < 1.29 is 13.5 Å². The van der Waals surface area contributed by atoms with E-state index < -0.39 is 11.1 Å². The van der Waals surface area contributed by atoms with Crippen LogP contribution in [-0.4, -0.2) is 15.9 Å². The normalized spacial score (nSPS) is 12.6. The molecule has 0 aliphatic carbocycles. The number of methoxy groups -OCH3 is 1. The first-order chi connectivity index (χ1) is 5.65. The zero-order valence-corrected chi connectivity index (χ0v) is 8.65. The van der Waals surface area contributed by atoms with Crippen LogP contribution in [0.4, 0.5) is 0 Å². The highest BCUT2D eigenvalue weighted by molar-refractivity contribution is 9.10. The smallest absolute Gasteiger partial charge is 0.120 e. The van der Waals surface area contributed by atoms with Crippen LogP contribution < -0.4 is 4.74 Å². The van der Waals surface area contributed by atoms with E-state index in [0.29, 0.717) is 10.2 Å². The molecule has 0 aliphatic rings. The first kappa shape index (κ1) is 9.70. The molecule has 0 spiro atoms. The Balaban J connectivity index is 3.12. The summed E-state index contributed by atoms with van der Waals surface area (Å²) < 4.78 is 26.5. The Labute approximate surface area is 81.2 Å². The van der Waals surface area contributed by atoms with Gasteiger partial charge >= 0.3 is 0 Å². The maximum atomic E-state index is 10.6. The standard InChI is InChI=1S/C7H7BrO3S/c1-11-5-2-3-7(12(9)10)6(8)4-5/h2-4H,1H3,(H,9,10)/p-1. The number of halogens is 1. The van der Waals surface area contributed by atoms with Crippen molar-refractivity contribution in [1.82, 2.24) is 0 Å². The van der Waals surface area contributed by atoms with Crippen molar-refractivity contribution in [3.8, 4) is 5.75 Å². The lowest BCUT2D eigenvalue weighted by atomic mass is 10.3. The van der Waals surface area contributed by atoms with Gasteiger partial charge in [-0.05, 0) is 45.2 Å². The summed E-state index contributed by atoms with van der Waals surface area (Å²) in [6.07, 6.45) is 0. The lowest BCUT2D eigenvalue weighted by Crippen LogP contribution is -1.91. The van der Waals surface area contributed by atoms with Gasteiger partial charge in [0.1, 0.15) is 5.75 Å². The highest BCUT2D eigenvalue weighted by atomic mass is 79.9. The van der Waals surface area contributed by atoms with Crippen LogP contribution >= 0.6 is 15.9 Å². The Morgan fingerprint density at radius 2 is 2.25 bits per heavy atom. The van der Waals surface area contributed by atoms with Crippen molar-refractivity contribution in [2.45, 2.75) is 4.90 Å². The second-order valence-electron chi connectivity index (χ2n) is 2.03. The SMILES string of the molecule is COc1ccc(S(=O)[O-])c(Br)c1. The molecular formula is C7H6BrO3S-. The van der Waals surface area contributed by atoms with Gasteiger partial charge in [0, 0.05) is 9.37 Å². The van der Waals surface area contributed by atoms with E-state index in [-0.39, 0.29) is 4.90 Å². The summed E-state index contributed by atoms with van der Waals surface area (Å²) >= 11 is 0.912. The molecule has 1 unspecified atom stereocenters. The molecule has 12 heavy (non-hydrogen) atoms. The molecule has 0 bridgehead atoms. The highest BCUT2D eigenvalue weighted by Crippen LogP contribution is 2.24. The number of hydrogen-bond acceptors (Lipinski definition) is 3. The molecule has 1 aromatic rings. The van der Waals surface area contributed by atoms with Gasteiger partial charge in [-0.15, -0.1) is 0 Å². The van der Waals surface area contributed by atoms with Crippen LogP contribution in [0.1, 0.15) is 0 Å². The molecule has 0 aliphatic heterocycles. The van der Waals surface area contributed by atoms with Gasteiger partial charge in [0.25, 0.3) is 0 Å². The maximum absolute atomic E-state index is 10.6. The second kappa shape index (κ2) is 4.02. The molecule has 0 aromatic heterocycles. The second-order valence-corrected chi connectivity index (χ2v) is 3.79. The van der Waals surface area contributed by atoms with Gasteiger partial charge in [-0.3, -0.25) is 4.21 Å². The number of rotatable bonds is 2. The first-order valence-electron chi connectivity index (χ1n) is 3.08. The fourth-order valence-electron chi connectivity index (χ4n) is 0.744. The van der Waals surface area contributed by atoms with E-state index in [1.165, 1.54) is 13.2 Å². The zero-order chi connectivity index (χ0) is 9.14. The Kier molecular flexibility index (Phi) is 3.25. The summed E-state index contributed by atoms with van der Waals surface area (Å²) in [4.78, 5) is 0.232. The van der Waals surface area contributed by atoms with Gasteiger partial charge in [-0.2, -0.15) is 0 Å². The van der Waals surface area contributed by atoms with Crippen molar-refractivity contribution in [3.05, 3.63) is 22.7 Å². The summed E-state index contributed by atoms with van der Waals surface area (Å²) in [6.45, 7) is 0. The van der Waals surface area contributed by atoms with Gasteiger partial charge in [0.2, 0.25) is 0 Å². The predicted molar refractivity (Wildman–Crippen MR) is 47.9 cm³/mol. The number of ether oxygens (including phenoxy) is 1. The Bertz CT molecular complexity index is 314. The fourth-order valence-corrected chi connectivity index (χ4v) is 1.90. The van der Waals surface area contributed by atoms with Crippen molar-refractivity contribution in [2.75, 3.05) is 7.11 Å². The van der Waals surface area contributed by atoms with E-state index >= 15 is 0 Å². The average Bonchev–Trinajstić information content (AvgIpc) is 2.03. The topological polar surface area (TPSA) is 49.4 Å². The molecule has 0 fully saturated rings. The third-order valence-corrected chi connectivity index (χ3v) is 2.95. The Morgan fingerprint density at radius 1 is 1.58 bits per heavy atom. The largest absolute Gasteiger partial charge is 0.768 e. The van der Waals surface area contributed by atoms with Crippen LogP contribution in [0.3, 0.4) is 0 Å². The van der Waals surface area contributed by atoms with E-state index in [2.05, 4.69) is 15.9 Å². The van der Waals surface area contributed by atoms with Crippen LogP contribution in [0.5, 0.6) is 5.75 Å². The summed E-state index contributed by atoms with van der Waals surface area (Å²) in [5, 5.41) is 0. The Morgan fingerprint density at radius 3 is 2.67 bits per heavy atom. The van der Waals surface area contributed by atoms with Gasteiger partial charge < -0.3 is 9.29 Å². The van der Waals surface area contributed by atoms with Gasteiger partial charge in [0.05, 0.1) is 7.11 Å². The van der Waals surface area contributed by atoms with Crippen LogP contribution in [0.25, 0.3) is 0 Å². The first-order valence-corrected chi connectivity index (χ1v) is 4.94. The molecule has 3 nitrogen and oxygen atoms in total. The van der Waals surface area contributed by atoms with Crippen molar-refractivity contribution in [3.63, 3.8) is 0 Å². The molecule has 0 saturated carbocycles. The minimum absolute atomic E-state index is 0.232. The third-order valence-electron chi connectivity index (χ3n) is 1.32. The molecule has 66 valence electrons. The van der Waals surface area contributed by atoms with E-state index in [4.69, 9.17) is 4.74 Å². The minimum Gasteiger partial charge on any atom is -0.768 e. The molecule has 1 aromatic carbocycles. The fraction of sp³-hybridized carbons (Fsp3) is 0.143.